The van der Waals surface area contributed by atoms with Crippen LogP contribution in [0, 0.1) is 0 Å². The Hall–Kier alpha value is -4.93. The molecule has 9 nitrogen and oxygen atoms in total. The van der Waals surface area contributed by atoms with Crippen LogP contribution in [0.15, 0.2) is 102 Å². The summed E-state index contributed by atoms with van der Waals surface area (Å²) in [6, 6.07) is 25.9. The summed E-state index contributed by atoms with van der Waals surface area (Å²) in [4.78, 5) is 40.1. The molecule has 0 spiro atoms. The zero-order valence-electron chi connectivity index (χ0n) is 25.1. The number of nitrogens with one attached hydrogen (secondary N) is 3. The van der Waals surface area contributed by atoms with Crippen LogP contribution in [-0.4, -0.2) is 44.3 Å². The monoisotopic (exact) mass is 645 g/mol. The van der Waals surface area contributed by atoms with E-state index in [1.807, 2.05) is 0 Å². The van der Waals surface area contributed by atoms with Crippen LogP contribution in [0.3, 0.4) is 0 Å². The Bertz CT molecular complexity index is 1670. The van der Waals surface area contributed by atoms with E-state index < -0.39 is 17.1 Å². The van der Waals surface area contributed by atoms with Gasteiger partial charge < -0.3 is 30.2 Å². The van der Waals surface area contributed by atoms with E-state index in [9.17, 15) is 14.4 Å². The number of anilines is 2. The van der Waals surface area contributed by atoms with Crippen molar-refractivity contribution in [3.8, 4) is 17.2 Å². The second-order valence-corrected chi connectivity index (χ2v) is 11.4. The number of hydrogen-bond acceptors (Lipinski definition) is 7. The van der Waals surface area contributed by atoms with E-state index in [0.29, 0.717) is 44.8 Å². The highest BCUT2D eigenvalue weighted by molar-refractivity contribution is 8.00. The lowest BCUT2D eigenvalue weighted by atomic mass is 10.1. The SMILES string of the molecule is COc1cc(/C=C(\NC(=O)c2ccccc2)C(=O)Nc2ccc(SC(C)C(=O)Nc3cccc(Cl)c3)cc2)cc(OC)c1OC. The predicted octanol–water partition coefficient (Wildman–Crippen LogP) is 6.89. The maximum absolute atomic E-state index is 13.5. The van der Waals surface area contributed by atoms with Gasteiger partial charge in [-0.3, -0.25) is 14.4 Å². The molecule has 0 aromatic heterocycles. The summed E-state index contributed by atoms with van der Waals surface area (Å²) in [5.74, 6) is -0.00776. The van der Waals surface area contributed by atoms with Crippen LogP contribution < -0.4 is 30.2 Å². The Morgan fingerprint density at radius 1 is 0.778 bits per heavy atom. The number of methoxy groups -OCH3 is 3. The predicted molar refractivity (Wildman–Crippen MR) is 178 cm³/mol. The van der Waals surface area contributed by atoms with Crippen LogP contribution in [0.4, 0.5) is 11.4 Å². The third kappa shape index (κ3) is 9.04. The molecule has 4 aromatic rings. The molecule has 232 valence electrons. The minimum atomic E-state index is -0.553. The Balaban J connectivity index is 1.52. The summed E-state index contributed by atoms with van der Waals surface area (Å²) in [5.41, 5.74) is 2.01. The Kier molecular flexibility index (Phi) is 11.5. The van der Waals surface area contributed by atoms with Gasteiger partial charge in [0.2, 0.25) is 11.7 Å². The van der Waals surface area contributed by atoms with Crippen LogP contribution in [0.1, 0.15) is 22.8 Å². The van der Waals surface area contributed by atoms with Crippen LogP contribution >= 0.6 is 23.4 Å². The van der Waals surface area contributed by atoms with Crippen molar-refractivity contribution in [1.82, 2.24) is 5.32 Å². The van der Waals surface area contributed by atoms with Gasteiger partial charge in [-0.2, -0.15) is 0 Å². The first-order valence-corrected chi connectivity index (χ1v) is 15.0. The number of halogens is 1. The Morgan fingerprint density at radius 2 is 1.44 bits per heavy atom. The molecule has 0 saturated carbocycles. The van der Waals surface area contributed by atoms with Crippen molar-refractivity contribution in [2.24, 2.45) is 0 Å². The fraction of sp³-hybridized carbons (Fsp3) is 0.147. The highest BCUT2D eigenvalue weighted by Gasteiger charge is 2.19. The van der Waals surface area contributed by atoms with Gasteiger partial charge in [0.15, 0.2) is 11.5 Å². The second-order valence-electron chi connectivity index (χ2n) is 9.58. The first-order valence-electron chi connectivity index (χ1n) is 13.7. The highest BCUT2D eigenvalue weighted by atomic mass is 35.5. The van der Waals surface area contributed by atoms with E-state index in [0.717, 1.165) is 4.90 Å². The van der Waals surface area contributed by atoms with Crippen LogP contribution in [0.5, 0.6) is 17.2 Å². The molecule has 4 aromatic carbocycles. The third-order valence-electron chi connectivity index (χ3n) is 6.41. The first kappa shape index (κ1) is 33.0. The fourth-order valence-corrected chi connectivity index (χ4v) is 5.23. The van der Waals surface area contributed by atoms with Gasteiger partial charge in [0.1, 0.15) is 5.70 Å². The van der Waals surface area contributed by atoms with Gasteiger partial charge in [-0.25, -0.2) is 0 Å². The molecule has 0 fully saturated rings. The number of thioether (sulfide) groups is 1. The second kappa shape index (κ2) is 15.7. The number of ether oxygens (including phenoxy) is 3. The summed E-state index contributed by atoms with van der Waals surface area (Å²) in [7, 11) is 4.48. The van der Waals surface area contributed by atoms with E-state index in [-0.39, 0.29) is 11.6 Å². The normalized spacial score (nSPS) is 11.6. The summed E-state index contributed by atoms with van der Waals surface area (Å²) in [6.45, 7) is 1.80. The van der Waals surface area contributed by atoms with Crippen molar-refractivity contribution in [2.75, 3.05) is 32.0 Å². The molecule has 0 aliphatic heterocycles. The van der Waals surface area contributed by atoms with Gasteiger partial charge in [-0.05, 0) is 85.3 Å². The number of carbonyl (C=O) groups is 3. The fourth-order valence-electron chi connectivity index (χ4n) is 4.18. The van der Waals surface area contributed by atoms with E-state index >= 15 is 0 Å². The molecule has 45 heavy (non-hydrogen) atoms. The lowest BCUT2D eigenvalue weighted by Gasteiger charge is -2.15. The van der Waals surface area contributed by atoms with Gasteiger partial charge in [0.25, 0.3) is 11.8 Å². The van der Waals surface area contributed by atoms with Crippen LogP contribution in [0.25, 0.3) is 6.08 Å². The van der Waals surface area contributed by atoms with Crippen molar-refractivity contribution in [2.45, 2.75) is 17.1 Å². The third-order valence-corrected chi connectivity index (χ3v) is 7.76. The lowest BCUT2D eigenvalue weighted by Crippen LogP contribution is -2.30. The quantitative estimate of drug-likeness (QED) is 0.113. The molecular weight excluding hydrogens is 614 g/mol. The zero-order valence-corrected chi connectivity index (χ0v) is 26.6. The van der Waals surface area contributed by atoms with Gasteiger partial charge in [0.05, 0.1) is 26.6 Å². The molecule has 1 atom stereocenters. The molecule has 3 amide bonds. The number of amides is 3. The van der Waals surface area contributed by atoms with Gasteiger partial charge in [-0.15, -0.1) is 11.8 Å². The molecule has 0 radical (unpaired) electrons. The average Bonchev–Trinajstić information content (AvgIpc) is 3.05. The smallest absolute Gasteiger partial charge is 0.272 e. The van der Waals surface area contributed by atoms with Gasteiger partial charge >= 0.3 is 0 Å². The Labute approximate surface area is 270 Å². The van der Waals surface area contributed by atoms with Crippen molar-refractivity contribution in [3.05, 3.63) is 113 Å². The number of hydrogen-bond donors (Lipinski definition) is 3. The molecule has 4 rings (SSSR count). The molecule has 0 aliphatic carbocycles. The number of rotatable bonds is 12. The van der Waals surface area contributed by atoms with E-state index in [1.165, 1.54) is 39.2 Å². The van der Waals surface area contributed by atoms with Crippen LogP contribution in [-0.2, 0) is 9.59 Å². The molecule has 0 aliphatic rings. The maximum Gasteiger partial charge on any atom is 0.272 e. The van der Waals surface area contributed by atoms with E-state index in [1.54, 1.807) is 97.9 Å². The van der Waals surface area contributed by atoms with E-state index in [4.69, 9.17) is 25.8 Å². The molecule has 11 heteroatoms. The Morgan fingerprint density at radius 3 is 2.04 bits per heavy atom. The van der Waals surface area contributed by atoms with Crippen molar-refractivity contribution in [1.29, 1.82) is 0 Å². The summed E-state index contributed by atoms with van der Waals surface area (Å²) < 4.78 is 16.3. The van der Waals surface area contributed by atoms with Crippen molar-refractivity contribution < 1.29 is 28.6 Å². The minimum Gasteiger partial charge on any atom is -0.493 e. The molecule has 0 bridgehead atoms. The van der Waals surface area contributed by atoms with E-state index in [2.05, 4.69) is 16.0 Å². The minimum absolute atomic E-state index is 0.0112. The van der Waals surface area contributed by atoms with Gasteiger partial charge in [0, 0.05) is 26.9 Å². The first-order chi connectivity index (χ1) is 21.7. The number of benzene rings is 4. The summed E-state index contributed by atoms with van der Waals surface area (Å²) in [6.07, 6.45) is 1.52. The molecule has 1 unspecified atom stereocenters. The van der Waals surface area contributed by atoms with Crippen molar-refractivity contribution in [3.63, 3.8) is 0 Å². The standard InChI is InChI=1S/C34H32ClN3O6S/c1-21(32(39)37-26-12-8-11-24(35)20-26)45-27-15-13-25(14-16-27)36-34(41)28(38-33(40)23-9-6-5-7-10-23)17-22-18-29(42-2)31(44-4)30(19-22)43-3/h5-21H,1-4H3,(H,36,41)(H,37,39)(H,38,40)/b28-17-. The molecular formula is C34H32ClN3O6S. The van der Waals surface area contributed by atoms with Crippen molar-refractivity contribution >= 4 is 58.5 Å². The largest absolute Gasteiger partial charge is 0.493 e. The maximum atomic E-state index is 13.5. The van der Waals surface area contributed by atoms with Gasteiger partial charge in [-0.1, -0.05) is 35.9 Å². The summed E-state index contributed by atoms with van der Waals surface area (Å²) in [5, 5.41) is 8.54. The molecule has 0 heterocycles. The lowest BCUT2D eigenvalue weighted by molar-refractivity contribution is -0.115. The number of carbonyl (C=O) groups excluding carboxylic acids is 3. The molecule has 0 saturated heterocycles. The highest BCUT2D eigenvalue weighted by Crippen LogP contribution is 2.38. The topological polar surface area (TPSA) is 115 Å². The van der Waals surface area contributed by atoms with Crippen LogP contribution in [0.2, 0.25) is 5.02 Å². The zero-order chi connectivity index (χ0) is 32.3. The average molecular weight is 646 g/mol. The summed E-state index contributed by atoms with van der Waals surface area (Å²) >= 11 is 7.38. The molecule has 3 N–H and O–H groups in total.